The Kier molecular flexibility index (Phi) is 6.91. The molecule has 0 heterocycles. The van der Waals surface area contributed by atoms with E-state index in [1.165, 1.54) is 7.11 Å². The van der Waals surface area contributed by atoms with Crippen LogP contribution in [-0.2, 0) is 14.3 Å². The van der Waals surface area contributed by atoms with Crippen LogP contribution in [0.2, 0.25) is 0 Å². The molecular formula is C13H26N2O3. The van der Waals surface area contributed by atoms with E-state index in [4.69, 9.17) is 10.5 Å². The van der Waals surface area contributed by atoms with Gasteiger partial charge in [0.05, 0.1) is 5.92 Å². The topological polar surface area (TPSA) is 81.4 Å². The molecule has 0 aromatic rings. The molecule has 3 N–H and O–H groups in total. The van der Waals surface area contributed by atoms with Crippen LogP contribution in [0.3, 0.4) is 0 Å². The third-order valence-corrected chi connectivity index (χ3v) is 3.20. The van der Waals surface area contributed by atoms with Gasteiger partial charge in [0.1, 0.15) is 0 Å². The molecule has 0 rings (SSSR count). The summed E-state index contributed by atoms with van der Waals surface area (Å²) in [5.41, 5.74) is 4.29. The zero-order valence-electron chi connectivity index (χ0n) is 12.1. The summed E-state index contributed by atoms with van der Waals surface area (Å²) in [6.45, 7) is 5.92. The first-order chi connectivity index (χ1) is 8.35. The number of ether oxygens (including phenoxy) is 1. The molecule has 18 heavy (non-hydrogen) atoms. The summed E-state index contributed by atoms with van der Waals surface area (Å²) >= 11 is 0. The molecule has 0 saturated heterocycles. The molecule has 2 atom stereocenters. The van der Waals surface area contributed by atoms with Crippen LogP contribution in [-0.4, -0.2) is 31.6 Å². The van der Waals surface area contributed by atoms with Crippen LogP contribution in [0.5, 0.6) is 0 Å². The molecule has 5 heteroatoms. The third-order valence-electron chi connectivity index (χ3n) is 3.20. The van der Waals surface area contributed by atoms with E-state index in [0.717, 1.165) is 6.42 Å². The zero-order chi connectivity index (χ0) is 14.3. The summed E-state index contributed by atoms with van der Waals surface area (Å²) in [6.07, 6.45) is 1.80. The molecule has 0 spiro atoms. The highest BCUT2D eigenvalue weighted by Gasteiger charge is 2.47. The van der Waals surface area contributed by atoms with Crippen molar-refractivity contribution < 1.29 is 14.3 Å². The van der Waals surface area contributed by atoms with E-state index in [9.17, 15) is 9.59 Å². The minimum atomic E-state index is -1.22. The summed E-state index contributed by atoms with van der Waals surface area (Å²) in [6, 6.07) is 0. The van der Waals surface area contributed by atoms with Gasteiger partial charge in [-0.15, -0.1) is 0 Å². The fraction of sp³-hybridized carbons (Fsp3) is 0.846. The Hall–Kier alpha value is -1.10. The molecular weight excluding hydrogens is 232 g/mol. The number of carbonyl (C=O) groups excluding carboxylic acids is 2. The van der Waals surface area contributed by atoms with Crippen LogP contribution in [0.25, 0.3) is 0 Å². The van der Waals surface area contributed by atoms with E-state index in [0.29, 0.717) is 12.8 Å². The third kappa shape index (κ3) is 3.70. The molecule has 0 fully saturated rings. The van der Waals surface area contributed by atoms with Crippen LogP contribution in [0.15, 0.2) is 0 Å². The fourth-order valence-corrected chi connectivity index (χ4v) is 2.39. The van der Waals surface area contributed by atoms with Crippen LogP contribution in [0.4, 0.5) is 0 Å². The lowest BCUT2D eigenvalue weighted by molar-refractivity contribution is -0.158. The summed E-state index contributed by atoms with van der Waals surface area (Å²) in [4.78, 5) is 23.8. The van der Waals surface area contributed by atoms with Gasteiger partial charge in [-0.3, -0.25) is 9.59 Å². The number of carbonyl (C=O) groups is 2. The first kappa shape index (κ1) is 16.9. The smallest absolute Gasteiger partial charge is 0.250 e. The summed E-state index contributed by atoms with van der Waals surface area (Å²) in [7, 11) is 3.00. The number of nitrogens with two attached hydrogens (primary N) is 1. The highest BCUT2D eigenvalue weighted by atomic mass is 16.5. The highest BCUT2D eigenvalue weighted by Crippen LogP contribution is 2.32. The Morgan fingerprint density at radius 1 is 1.39 bits per heavy atom. The van der Waals surface area contributed by atoms with Gasteiger partial charge in [0.25, 0.3) is 5.91 Å². The second kappa shape index (κ2) is 7.36. The maximum Gasteiger partial charge on any atom is 0.250 e. The maximum atomic E-state index is 12.0. The largest absolute Gasteiger partial charge is 0.368 e. The van der Waals surface area contributed by atoms with Crippen LogP contribution in [0.1, 0.15) is 40.0 Å². The molecule has 2 unspecified atom stereocenters. The highest BCUT2D eigenvalue weighted by molar-refractivity contribution is 5.92. The number of amides is 2. The Balaban J connectivity index is 5.45. The Morgan fingerprint density at radius 2 is 1.94 bits per heavy atom. The second-order valence-corrected chi connectivity index (χ2v) is 5.01. The molecule has 0 aliphatic heterocycles. The molecule has 0 aromatic heterocycles. The van der Waals surface area contributed by atoms with Crippen molar-refractivity contribution in [2.24, 2.45) is 17.6 Å². The molecule has 106 valence electrons. The standard InChI is InChI=1S/C13H26N2O3/c1-6-7-10(11(16)15-4)13(18-5,12(14)17)8-9(2)3/h9-10H,6-8H2,1-5H3,(H2,14,17)(H,15,16). The normalized spacial score (nSPS) is 16.1. The van der Waals surface area contributed by atoms with E-state index in [1.807, 2.05) is 20.8 Å². The average Bonchev–Trinajstić information content (AvgIpc) is 2.31. The van der Waals surface area contributed by atoms with Gasteiger partial charge in [-0.05, 0) is 18.8 Å². The number of rotatable bonds is 8. The molecule has 0 aromatic carbocycles. The predicted molar refractivity (Wildman–Crippen MR) is 70.9 cm³/mol. The van der Waals surface area contributed by atoms with Crippen molar-refractivity contribution in [1.82, 2.24) is 5.32 Å². The summed E-state index contributed by atoms with van der Waals surface area (Å²) in [5.74, 6) is -1.10. The maximum absolute atomic E-state index is 12.0. The molecule has 0 saturated carbocycles. The lowest BCUT2D eigenvalue weighted by Gasteiger charge is -2.37. The number of primary amides is 1. The van der Waals surface area contributed by atoms with Gasteiger partial charge in [0.15, 0.2) is 5.60 Å². The van der Waals surface area contributed by atoms with Crippen molar-refractivity contribution in [3.63, 3.8) is 0 Å². The zero-order valence-corrected chi connectivity index (χ0v) is 12.1. The average molecular weight is 258 g/mol. The molecule has 5 nitrogen and oxygen atoms in total. The molecule has 0 aliphatic rings. The quantitative estimate of drug-likeness (QED) is 0.683. The van der Waals surface area contributed by atoms with Crippen molar-refractivity contribution in [3.05, 3.63) is 0 Å². The lowest BCUT2D eigenvalue weighted by Crippen LogP contribution is -2.56. The molecule has 0 radical (unpaired) electrons. The van der Waals surface area contributed by atoms with E-state index < -0.39 is 17.4 Å². The van der Waals surface area contributed by atoms with Crippen molar-refractivity contribution in [2.45, 2.75) is 45.6 Å². The second-order valence-electron chi connectivity index (χ2n) is 5.01. The first-order valence-electron chi connectivity index (χ1n) is 6.42. The van der Waals surface area contributed by atoms with Gasteiger partial charge in [0.2, 0.25) is 5.91 Å². The van der Waals surface area contributed by atoms with Crippen molar-refractivity contribution in [3.8, 4) is 0 Å². The van der Waals surface area contributed by atoms with Crippen molar-refractivity contribution in [1.29, 1.82) is 0 Å². The number of methoxy groups -OCH3 is 1. The molecule has 0 bridgehead atoms. The van der Waals surface area contributed by atoms with Gasteiger partial charge in [-0.1, -0.05) is 27.2 Å². The Morgan fingerprint density at radius 3 is 2.22 bits per heavy atom. The number of hydrogen-bond donors (Lipinski definition) is 2. The van der Waals surface area contributed by atoms with Crippen LogP contribution in [0, 0.1) is 11.8 Å². The van der Waals surface area contributed by atoms with Gasteiger partial charge in [-0.25, -0.2) is 0 Å². The molecule has 0 aliphatic carbocycles. The number of hydrogen-bond acceptors (Lipinski definition) is 3. The van der Waals surface area contributed by atoms with E-state index in [1.54, 1.807) is 7.05 Å². The van der Waals surface area contributed by atoms with E-state index in [2.05, 4.69) is 5.32 Å². The summed E-state index contributed by atoms with van der Waals surface area (Å²) < 4.78 is 5.41. The fourth-order valence-electron chi connectivity index (χ4n) is 2.39. The van der Waals surface area contributed by atoms with Gasteiger partial charge in [0, 0.05) is 14.2 Å². The van der Waals surface area contributed by atoms with Gasteiger partial charge < -0.3 is 15.8 Å². The lowest BCUT2D eigenvalue weighted by atomic mass is 9.77. The number of nitrogens with one attached hydrogen (secondary N) is 1. The minimum Gasteiger partial charge on any atom is -0.368 e. The van der Waals surface area contributed by atoms with E-state index in [-0.39, 0.29) is 11.8 Å². The first-order valence-corrected chi connectivity index (χ1v) is 6.42. The van der Waals surface area contributed by atoms with Gasteiger partial charge >= 0.3 is 0 Å². The van der Waals surface area contributed by atoms with Gasteiger partial charge in [-0.2, -0.15) is 0 Å². The van der Waals surface area contributed by atoms with Crippen molar-refractivity contribution in [2.75, 3.05) is 14.2 Å². The van der Waals surface area contributed by atoms with Crippen molar-refractivity contribution >= 4 is 11.8 Å². The van der Waals surface area contributed by atoms with Crippen LogP contribution < -0.4 is 11.1 Å². The molecule has 2 amide bonds. The van der Waals surface area contributed by atoms with Crippen LogP contribution >= 0.6 is 0 Å². The predicted octanol–water partition coefficient (Wildman–Crippen LogP) is 1.07. The Bertz CT molecular complexity index is 290. The SMILES string of the molecule is CCCC(C(=O)NC)C(CC(C)C)(OC)C(N)=O. The van der Waals surface area contributed by atoms with E-state index >= 15 is 0 Å². The summed E-state index contributed by atoms with van der Waals surface area (Å²) in [5, 5.41) is 2.59. The Labute approximate surface area is 109 Å². The monoisotopic (exact) mass is 258 g/mol. The minimum absolute atomic E-state index is 0.196.